The van der Waals surface area contributed by atoms with Crippen LogP contribution in [0.15, 0.2) is 41.4 Å². The third-order valence-electron chi connectivity index (χ3n) is 3.89. The maximum atomic E-state index is 13.0. The van der Waals surface area contributed by atoms with Crippen molar-refractivity contribution >= 4 is 44.2 Å². The molecule has 0 saturated carbocycles. The Kier molecular flexibility index (Phi) is 5.37. The van der Waals surface area contributed by atoms with Crippen molar-refractivity contribution in [1.82, 2.24) is 4.98 Å². The Morgan fingerprint density at radius 3 is 2.37 bits per heavy atom. The number of nitrogens with zero attached hydrogens (tertiary/aromatic N) is 1. The van der Waals surface area contributed by atoms with Crippen LogP contribution in [0.5, 0.6) is 17.2 Å². The fourth-order valence-corrected chi connectivity index (χ4v) is 4.32. The largest absolute Gasteiger partial charge is 0.496 e. The normalized spacial score (nSPS) is 11.4. The van der Waals surface area contributed by atoms with Crippen LogP contribution in [0.4, 0.5) is 0 Å². The minimum absolute atomic E-state index is 0.0211. The van der Waals surface area contributed by atoms with Crippen molar-refractivity contribution in [2.24, 2.45) is 0 Å². The molecule has 27 heavy (non-hydrogen) atoms. The summed E-state index contributed by atoms with van der Waals surface area (Å²) in [5, 5.41) is 0.873. The van der Waals surface area contributed by atoms with Gasteiger partial charge in [-0.1, -0.05) is 23.2 Å². The monoisotopic (exact) mass is 427 g/mol. The van der Waals surface area contributed by atoms with Crippen molar-refractivity contribution in [3.63, 3.8) is 0 Å². The van der Waals surface area contributed by atoms with Gasteiger partial charge in [0.2, 0.25) is 0 Å². The highest BCUT2D eigenvalue weighted by Crippen LogP contribution is 2.40. The first-order chi connectivity index (χ1) is 12.8. The predicted molar refractivity (Wildman–Crippen MR) is 104 cm³/mol. The van der Waals surface area contributed by atoms with E-state index in [1.165, 1.54) is 32.5 Å². The van der Waals surface area contributed by atoms with Crippen molar-refractivity contribution < 1.29 is 22.1 Å². The first-order valence-corrected chi connectivity index (χ1v) is 9.84. The summed E-state index contributed by atoms with van der Waals surface area (Å²) in [4.78, 5) is 3.96. The molecule has 0 aliphatic rings. The molecule has 0 saturated heterocycles. The second-order valence-electron chi connectivity index (χ2n) is 5.58. The Balaban J connectivity index is 2.18. The van der Waals surface area contributed by atoms with Gasteiger partial charge in [0, 0.05) is 17.6 Å². The molecule has 0 N–H and O–H groups in total. The van der Waals surface area contributed by atoms with Crippen molar-refractivity contribution in [3.8, 4) is 17.2 Å². The van der Waals surface area contributed by atoms with Gasteiger partial charge in [-0.05, 0) is 36.8 Å². The Morgan fingerprint density at radius 1 is 1.00 bits per heavy atom. The number of benzene rings is 2. The molecule has 0 spiro atoms. The van der Waals surface area contributed by atoms with Gasteiger partial charge in [0.15, 0.2) is 10.6 Å². The molecule has 0 amide bonds. The SMILES string of the molecule is COc1cc(S(=O)(=O)Oc2c(Cl)cc(Cl)c3cccnc23)c(OC)cc1C. The molecule has 0 aliphatic carbocycles. The van der Waals surface area contributed by atoms with Crippen LogP contribution >= 0.6 is 23.2 Å². The van der Waals surface area contributed by atoms with E-state index in [0.717, 1.165) is 0 Å². The Bertz CT molecular complexity index is 1130. The van der Waals surface area contributed by atoms with Gasteiger partial charge in [-0.15, -0.1) is 0 Å². The second kappa shape index (κ2) is 7.42. The summed E-state index contributed by atoms with van der Waals surface area (Å²) in [5.41, 5.74) is 0.946. The lowest BCUT2D eigenvalue weighted by Gasteiger charge is -2.15. The van der Waals surface area contributed by atoms with Gasteiger partial charge in [-0.3, -0.25) is 4.98 Å². The van der Waals surface area contributed by atoms with Crippen molar-refractivity contribution in [2.45, 2.75) is 11.8 Å². The maximum absolute atomic E-state index is 13.0. The number of hydrogen-bond acceptors (Lipinski definition) is 6. The van der Waals surface area contributed by atoms with Crippen LogP contribution in [0.3, 0.4) is 0 Å². The third-order valence-corrected chi connectivity index (χ3v) is 5.73. The van der Waals surface area contributed by atoms with E-state index in [4.69, 9.17) is 36.9 Å². The molecule has 0 fully saturated rings. The van der Waals surface area contributed by atoms with Crippen LogP contribution in [-0.4, -0.2) is 27.6 Å². The van der Waals surface area contributed by atoms with Crippen LogP contribution in [-0.2, 0) is 10.1 Å². The summed E-state index contributed by atoms with van der Waals surface area (Å²) in [5.74, 6) is 0.386. The molecule has 1 heterocycles. The molecule has 142 valence electrons. The molecular weight excluding hydrogens is 413 g/mol. The first-order valence-electron chi connectivity index (χ1n) is 7.68. The van der Waals surface area contributed by atoms with Gasteiger partial charge in [0.05, 0.1) is 24.3 Å². The molecule has 3 rings (SSSR count). The van der Waals surface area contributed by atoms with E-state index in [1.807, 2.05) is 0 Å². The van der Waals surface area contributed by atoms with Crippen LogP contribution in [0.2, 0.25) is 10.0 Å². The number of methoxy groups -OCH3 is 2. The highest BCUT2D eigenvalue weighted by molar-refractivity contribution is 7.87. The topological polar surface area (TPSA) is 74.7 Å². The lowest BCUT2D eigenvalue weighted by molar-refractivity contribution is 0.386. The molecule has 0 aliphatic heterocycles. The quantitative estimate of drug-likeness (QED) is 0.552. The summed E-state index contributed by atoms with van der Waals surface area (Å²) in [6.07, 6.45) is 1.49. The maximum Gasteiger partial charge on any atom is 0.343 e. The number of pyridine rings is 1. The van der Waals surface area contributed by atoms with E-state index >= 15 is 0 Å². The van der Waals surface area contributed by atoms with E-state index in [-0.39, 0.29) is 26.9 Å². The van der Waals surface area contributed by atoms with Gasteiger partial charge in [0.25, 0.3) is 0 Å². The van der Waals surface area contributed by atoms with Gasteiger partial charge in [-0.2, -0.15) is 8.42 Å². The van der Waals surface area contributed by atoms with E-state index in [1.54, 1.807) is 25.1 Å². The molecule has 0 atom stereocenters. The van der Waals surface area contributed by atoms with E-state index in [2.05, 4.69) is 4.98 Å². The number of halogens is 2. The second-order valence-corrected chi connectivity index (χ2v) is 7.91. The Morgan fingerprint density at radius 2 is 1.70 bits per heavy atom. The molecule has 0 bridgehead atoms. The molecular formula is C18H15Cl2NO5S. The molecule has 0 unspecified atom stereocenters. The summed E-state index contributed by atoms with van der Waals surface area (Å²) < 4.78 is 41.7. The number of ether oxygens (including phenoxy) is 2. The number of fused-ring (bicyclic) bond motifs is 1. The van der Waals surface area contributed by atoms with Crippen LogP contribution < -0.4 is 13.7 Å². The van der Waals surface area contributed by atoms with Crippen LogP contribution in [0, 0.1) is 6.92 Å². The third kappa shape index (κ3) is 3.63. The predicted octanol–water partition coefficient (Wildman–Crippen LogP) is 4.63. The smallest absolute Gasteiger partial charge is 0.343 e. The van der Waals surface area contributed by atoms with E-state index < -0.39 is 10.1 Å². The fourth-order valence-electron chi connectivity index (χ4n) is 2.60. The zero-order valence-electron chi connectivity index (χ0n) is 14.6. The molecule has 3 aromatic rings. The average molecular weight is 428 g/mol. The van der Waals surface area contributed by atoms with E-state index in [9.17, 15) is 8.42 Å². The summed E-state index contributed by atoms with van der Waals surface area (Å²) in [6.45, 7) is 1.77. The van der Waals surface area contributed by atoms with Gasteiger partial charge < -0.3 is 13.7 Å². The minimum atomic E-state index is -4.30. The summed E-state index contributed by atoms with van der Waals surface area (Å²) >= 11 is 12.4. The van der Waals surface area contributed by atoms with Crippen LogP contribution in [0.25, 0.3) is 10.9 Å². The number of hydrogen-bond donors (Lipinski definition) is 0. The van der Waals surface area contributed by atoms with Gasteiger partial charge in [0.1, 0.15) is 17.0 Å². The minimum Gasteiger partial charge on any atom is -0.496 e. The lowest BCUT2D eigenvalue weighted by Crippen LogP contribution is -2.12. The van der Waals surface area contributed by atoms with Crippen LogP contribution in [0.1, 0.15) is 5.56 Å². The zero-order chi connectivity index (χ0) is 19.8. The van der Waals surface area contributed by atoms with Crippen molar-refractivity contribution in [1.29, 1.82) is 0 Å². The number of aromatic nitrogens is 1. The molecule has 1 aromatic heterocycles. The zero-order valence-corrected chi connectivity index (χ0v) is 16.9. The number of rotatable bonds is 5. The number of aryl methyl sites for hydroxylation is 1. The standard InChI is InChI=1S/C18H15Cl2NO5S/c1-10-7-15(25-3)16(9-14(10)24-2)27(22,23)26-18-13(20)8-12(19)11-5-4-6-21-17(11)18/h4-9H,1-3H3. The molecule has 9 heteroatoms. The van der Waals surface area contributed by atoms with Crippen molar-refractivity contribution in [3.05, 3.63) is 52.1 Å². The molecule has 0 radical (unpaired) electrons. The molecule has 2 aromatic carbocycles. The Labute approximate surface area is 166 Å². The first kappa shape index (κ1) is 19.5. The lowest BCUT2D eigenvalue weighted by atomic mass is 10.2. The van der Waals surface area contributed by atoms with Crippen molar-refractivity contribution in [2.75, 3.05) is 14.2 Å². The summed E-state index contributed by atoms with van der Waals surface area (Å²) in [6, 6.07) is 7.66. The van der Waals surface area contributed by atoms with Gasteiger partial charge in [-0.25, -0.2) is 0 Å². The highest BCUT2D eigenvalue weighted by Gasteiger charge is 2.27. The molecule has 6 nitrogen and oxygen atoms in total. The fraction of sp³-hybridized carbons (Fsp3) is 0.167. The Hall–Kier alpha value is -2.22. The van der Waals surface area contributed by atoms with Gasteiger partial charge >= 0.3 is 10.1 Å². The summed E-state index contributed by atoms with van der Waals surface area (Å²) in [7, 11) is -1.49. The van der Waals surface area contributed by atoms with E-state index in [0.29, 0.717) is 21.7 Å². The average Bonchev–Trinajstić information content (AvgIpc) is 2.64. The highest BCUT2D eigenvalue weighted by atomic mass is 35.5.